The maximum atomic E-state index is 12.7. The van der Waals surface area contributed by atoms with Crippen LogP contribution in [0.4, 0.5) is 24.5 Å². The van der Waals surface area contributed by atoms with Gasteiger partial charge in [-0.25, -0.2) is 4.99 Å². The first-order valence-corrected chi connectivity index (χ1v) is 9.75. The molecule has 0 saturated carbocycles. The fraction of sp³-hybridized carbons (Fsp3) is 0.190. The quantitative estimate of drug-likeness (QED) is 0.574. The Morgan fingerprint density at radius 3 is 2.39 bits per heavy atom. The SMILES string of the molecule is Cl.Cn1c(CC(=O)Nc2ccc(CC#N)cc2)csc1=Nc1ccc(C(F)(F)F)cc1. The van der Waals surface area contributed by atoms with Crippen LogP contribution in [0.3, 0.4) is 0 Å². The second-order valence-corrected chi connectivity index (χ2v) is 7.32. The van der Waals surface area contributed by atoms with Crippen LogP contribution in [0.15, 0.2) is 58.9 Å². The summed E-state index contributed by atoms with van der Waals surface area (Å²) in [6, 6.07) is 13.7. The van der Waals surface area contributed by atoms with Gasteiger partial charge in [0.25, 0.3) is 0 Å². The zero-order chi connectivity index (χ0) is 21.7. The van der Waals surface area contributed by atoms with Crippen molar-refractivity contribution < 1.29 is 18.0 Å². The Morgan fingerprint density at radius 2 is 1.81 bits per heavy atom. The fourth-order valence-electron chi connectivity index (χ4n) is 2.67. The summed E-state index contributed by atoms with van der Waals surface area (Å²) in [6.45, 7) is 0. The number of aromatic nitrogens is 1. The van der Waals surface area contributed by atoms with Crippen molar-refractivity contribution in [2.45, 2.75) is 19.0 Å². The third-order valence-electron chi connectivity index (χ3n) is 4.30. The fourth-order valence-corrected chi connectivity index (χ4v) is 3.58. The zero-order valence-electron chi connectivity index (χ0n) is 16.3. The smallest absolute Gasteiger partial charge is 0.326 e. The molecule has 0 saturated heterocycles. The molecule has 1 amide bonds. The molecule has 0 atom stereocenters. The van der Waals surface area contributed by atoms with Gasteiger partial charge < -0.3 is 9.88 Å². The number of hydrogen-bond acceptors (Lipinski definition) is 4. The predicted molar refractivity (Wildman–Crippen MR) is 115 cm³/mol. The summed E-state index contributed by atoms with van der Waals surface area (Å²) < 4.78 is 39.7. The lowest BCUT2D eigenvalue weighted by atomic mass is 10.1. The molecule has 31 heavy (non-hydrogen) atoms. The highest BCUT2D eigenvalue weighted by Gasteiger charge is 2.29. The van der Waals surface area contributed by atoms with Gasteiger partial charge in [-0.1, -0.05) is 12.1 Å². The van der Waals surface area contributed by atoms with Crippen molar-refractivity contribution in [1.29, 1.82) is 5.26 Å². The summed E-state index contributed by atoms with van der Waals surface area (Å²) in [4.78, 5) is 17.3. The normalized spacial score (nSPS) is 11.5. The number of anilines is 1. The molecule has 0 spiro atoms. The van der Waals surface area contributed by atoms with Crippen LogP contribution in [0, 0.1) is 11.3 Å². The van der Waals surface area contributed by atoms with E-state index in [-0.39, 0.29) is 24.7 Å². The molecule has 1 aromatic heterocycles. The minimum absolute atomic E-state index is 0. The number of hydrogen-bond donors (Lipinski definition) is 1. The van der Waals surface area contributed by atoms with E-state index in [1.165, 1.54) is 23.5 Å². The van der Waals surface area contributed by atoms with Gasteiger partial charge in [0.1, 0.15) is 0 Å². The summed E-state index contributed by atoms with van der Waals surface area (Å²) in [7, 11) is 1.75. The van der Waals surface area contributed by atoms with Crippen molar-refractivity contribution in [3.8, 4) is 6.07 Å². The number of amides is 1. The largest absolute Gasteiger partial charge is 0.416 e. The second-order valence-electron chi connectivity index (χ2n) is 6.48. The van der Waals surface area contributed by atoms with Gasteiger partial charge in [-0.15, -0.1) is 23.7 Å². The number of rotatable bonds is 5. The van der Waals surface area contributed by atoms with E-state index in [4.69, 9.17) is 5.26 Å². The van der Waals surface area contributed by atoms with E-state index in [0.717, 1.165) is 23.4 Å². The van der Waals surface area contributed by atoms with Crippen LogP contribution < -0.4 is 10.1 Å². The molecular formula is C21H18ClF3N4OS. The van der Waals surface area contributed by atoms with Crippen LogP contribution >= 0.6 is 23.7 Å². The van der Waals surface area contributed by atoms with E-state index in [1.807, 2.05) is 0 Å². The summed E-state index contributed by atoms with van der Waals surface area (Å²) in [5.41, 5.74) is 1.90. The number of carbonyl (C=O) groups excluding carboxylic acids is 1. The highest BCUT2D eigenvalue weighted by Crippen LogP contribution is 2.30. The van der Waals surface area contributed by atoms with Gasteiger partial charge in [0, 0.05) is 23.8 Å². The van der Waals surface area contributed by atoms with E-state index in [0.29, 0.717) is 22.6 Å². The first-order chi connectivity index (χ1) is 14.3. The third kappa shape index (κ3) is 6.44. The van der Waals surface area contributed by atoms with Gasteiger partial charge in [0.15, 0.2) is 4.80 Å². The van der Waals surface area contributed by atoms with Crippen molar-refractivity contribution in [1.82, 2.24) is 4.57 Å². The van der Waals surface area contributed by atoms with Crippen LogP contribution in [0.1, 0.15) is 16.8 Å². The molecule has 1 heterocycles. The zero-order valence-corrected chi connectivity index (χ0v) is 17.9. The Balaban J connectivity index is 0.00000341. The Hall–Kier alpha value is -3.09. The predicted octanol–water partition coefficient (Wildman–Crippen LogP) is 5.01. The van der Waals surface area contributed by atoms with Gasteiger partial charge in [-0.05, 0) is 42.0 Å². The number of alkyl halides is 3. The van der Waals surface area contributed by atoms with Gasteiger partial charge >= 0.3 is 6.18 Å². The molecule has 5 nitrogen and oxygen atoms in total. The van der Waals surface area contributed by atoms with Crippen LogP contribution in [0.5, 0.6) is 0 Å². The lowest BCUT2D eigenvalue weighted by Gasteiger charge is -2.07. The number of carbonyl (C=O) groups is 1. The van der Waals surface area contributed by atoms with Gasteiger partial charge in [0.2, 0.25) is 5.91 Å². The molecule has 2 aromatic carbocycles. The topological polar surface area (TPSA) is 70.2 Å². The number of thiazole rings is 1. The van der Waals surface area contributed by atoms with Crippen molar-refractivity contribution in [2.75, 3.05) is 5.32 Å². The first kappa shape index (κ1) is 24.2. The van der Waals surface area contributed by atoms with Crippen LogP contribution in [-0.2, 0) is 30.9 Å². The van der Waals surface area contributed by atoms with Crippen LogP contribution in [0.2, 0.25) is 0 Å². The molecule has 0 unspecified atom stereocenters. The summed E-state index contributed by atoms with van der Waals surface area (Å²) in [6.07, 6.45) is -3.96. The van der Waals surface area contributed by atoms with E-state index in [9.17, 15) is 18.0 Å². The molecule has 0 aliphatic heterocycles. The molecule has 3 rings (SSSR count). The molecule has 10 heteroatoms. The molecule has 1 N–H and O–H groups in total. The maximum absolute atomic E-state index is 12.7. The number of nitriles is 1. The molecular weight excluding hydrogens is 449 g/mol. The molecule has 0 aliphatic carbocycles. The molecule has 0 fully saturated rings. The van der Waals surface area contributed by atoms with Crippen LogP contribution in [0.25, 0.3) is 0 Å². The lowest BCUT2D eigenvalue weighted by molar-refractivity contribution is -0.137. The summed E-state index contributed by atoms with van der Waals surface area (Å²) >= 11 is 1.30. The molecule has 162 valence electrons. The summed E-state index contributed by atoms with van der Waals surface area (Å²) in [5, 5.41) is 13.3. The monoisotopic (exact) mass is 466 g/mol. The van der Waals surface area contributed by atoms with E-state index >= 15 is 0 Å². The molecule has 0 bridgehead atoms. The van der Waals surface area contributed by atoms with Crippen LogP contribution in [-0.4, -0.2) is 10.5 Å². The molecule has 0 aliphatic rings. The molecule has 0 radical (unpaired) electrons. The Kier molecular flexibility index (Phi) is 8.02. The Labute approximate surface area is 186 Å². The lowest BCUT2D eigenvalue weighted by Crippen LogP contribution is -2.19. The van der Waals surface area contributed by atoms with Crippen molar-refractivity contribution in [2.24, 2.45) is 12.0 Å². The number of halogens is 4. The average Bonchev–Trinajstić information content (AvgIpc) is 3.03. The van der Waals surface area contributed by atoms with Gasteiger partial charge in [-0.3, -0.25) is 4.79 Å². The highest BCUT2D eigenvalue weighted by molar-refractivity contribution is 7.07. The number of nitrogens with zero attached hydrogens (tertiary/aromatic N) is 3. The van der Waals surface area contributed by atoms with Gasteiger partial charge in [0.05, 0.1) is 30.2 Å². The van der Waals surface area contributed by atoms with Crippen molar-refractivity contribution >= 4 is 41.0 Å². The highest BCUT2D eigenvalue weighted by atomic mass is 35.5. The maximum Gasteiger partial charge on any atom is 0.416 e. The van der Waals surface area contributed by atoms with Crippen molar-refractivity contribution in [3.63, 3.8) is 0 Å². The van der Waals surface area contributed by atoms with E-state index in [2.05, 4.69) is 16.4 Å². The average molecular weight is 467 g/mol. The van der Waals surface area contributed by atoms with Gasteiger partial charge in [-0.2, -0.15) is 18.4 Å². The second kappa shape index (κ2) is 10.3. The minimum Gasteiger partial charge on any atom is -0.326 e. The van der Waals surface area contributed by atoms with Crippen molar-refractivity contribution in [3.05, 3.63) is 75.5 Å². The van der Waals surface area contributed by atoms with E-state index in [1.54, 1.807) is 41.3 Å². The summed E-state index contributed by atoms with van der Waals surface area (Å²) in [5.74, 6) is -0.211. The number of nitrogens with one attached hydrogen (secondary N) is 1. The minimum atomic E-state index is -4.39. The first-order valence-electron chi connectivity index (χ1n) is 8.87. The number of benzene rings is 2. The molecule has 3 aromatic rings. The third-order valence-corrected chi connectivity index (χ3v) is 5.27. The Morgan fingerprint density at radius 1 is 1.16 bits per heavy atom. The van der Waals surface area contributed by atoms with E-state index < -0.39 is 11.7 Å². The standard InChI is InChI=1S/C21H17F3N4OS.ClH/c1-28-18(12-19(29)26-16-6-2-14(3-7-16)10-11-25)13-30-20(28)27-17-8-4-15(5-9-17)21(22,23)24;/h2-9,13H,10,12H2,1H3,(H,26,29);1H. The Bertz CT molecular complexity index is 1140.